The van der Waals surface area contributed by atoms with Crippen molar-refractivity contribution in [2.75, 3.05) is 18.6 Å². The van der Waals surface area contributed by atoms with Crippen molar-refractivity contribution in [1.29, 1.82) is 0 Å². The van der Waals surface area contributed by atoms with Crippen LogP contribution in [0.3, 0.4) is 0 Å². The molecule has 106 valence electrons. The lowest BCUT2D eigenvalue weighted by molar-refractivity contribution is 0.410. The van der Waals surface area contributed by atoms with E-state index in [0.29, 0.717) is 6.04 Å². The zero-order valence-corrected chi connectivity index (χ0v) is 13.1. The van der Waals surface area contributed by atoms with Gasteiger partial charge in [0.2, 0.25) is 0 Å². The molecule has 1 nitrogen and oxygen atoms in total. The van der Waals surface area contributed by atoms with Crippen molar-refractivity contribution in [2.45, 2.75) is 51.0 Å². The molecule has 0 spiro atoms. The van der Waals surface area contributed by atoms with E-state index in [1.807, 2.05) is 11.8 Å². The van der Waals surface area contributed by atoms with Crippen molar-refractivity contribution < 1.29 is 0 Å². The fraction of sp³-hybridized carbons (Fsp3) is 0.647. The SMILES string of the molecule is CCNC(CCSC)CC1CCCc2ccccc21. The van der Waals surface area contributed by atoms with E-state index in [2.05, 4.69) is 42.8 Å². The molecule has 2 rings (SSSR count). The molecule has 0 amide bonds. The fourth-order valence-electron chi connectivity index (χ4n) is 3.29. The van der Waals surface area contributed by atoms with E-state index in [9.17, 15) is 0 Å². The number of fused-ring (bicyclic) bond motifs is 1. The Morgan fingerprint density at radius 3 is 3.00 bits per heavy atom. The quantitative estimate of drug-likeness (QED) is 0.800. The number of nitrogens with one attached hydrogen (secondary N) is 1. The molecule has 19 heavy (non-hydrogen) atoms. The number of hydrogen-bond donors (Lipinski definition) is 1. The van der Waals surface area contributed by atoms with E-state index >= 15 is 0 Å². The molecule has 0 bridgehead atoms. The molecule has 2 unspecified atom stereocenters. The van der Waals surface area contributed by atoms with Crippen molar-refractivity contribution in [1.82, 2.24) is 5.32 Å². The summed E-state index contributed by atoms with van der Waals surface area (Å²) in [4.78, 5) is 0. The molecule has 0 saturated heterocycles. The number of thioether (sulfide) groups is 1. The van der Waals surface area contributed by atoms with Crippen molar-refractivity contribution in [3.8, 4) is 0 Å². The Kier molecular flexibility index (Phi) is 6.25. The lowest BCUT2D eigenvalue weighted by Crippen LogP contribution is -2.32. The third-order valence-corrected chi connectivity index (χ3v) is 4.87. The van der Waals surface area contributed by atoms with Gasteiger partial charge in [0, 0.05) is 6.04 Å². The van der Waals surface area contributed by atoms with Crippen LogP contribution < -0.4 is 5.32 Å². The minimum Gasteiger partial charge on any atom is -0.314 e. The van der Waals surface area contributed by atoms with Crippen LogP contribution in [0.2, 0.25) is 0 Å². The molecule has 0 aromatic heterocycles. The molecule has 0 aliphatic heterocycles. The average molecular weight is 277 g/mol. The highest BCUT2D eigenvalue weighted by Crippen LogP contribution is 2.35. The first-order chi connectivity index (χ1) is 9.35. The Morgan fingerprint density at radius 2 is 2.21 bits per heavy atom. The van der Waals surface area contributed by atoms with Crippen molar-refractivity contribution >= 4 is 11.8 Å². The second-order valence-corrected chi connectivity index (χ2v) is 6.55. The standard InChI is InChI=1S/C17H27NS/c1-3-18-16(11-12-19-2)13-15-9-6-8-14-7-4-5-10-17(14)15/h4-5,7,10,15-16,18H,3,6,8-9,11-13H2,1-2H3. The van der Waals surface area contributed by atoms with Crippen molar-refractivity contribution in [3.63, 3.8) is 0 Å². The predicted molar refractivity (Wildman–Crippen MR) is 87.2 cm³/mol. The second kappa shape index (κ2) is 7.96. The third kappa shape index (κ3) is 4.25. The van der Waals surface area contributed by atoms with Gasteiger partial charge in [-0.3, -0.25) is 0 Å². The monoisotopic (exact) mass is 277 g/mol. The van der Waals surface area contributed by atoms with Crippen LogP contribution in [0.1, 0.15) is 49.7 Å². The van der Waals surface area contributed by atoms with Gasteiger partial charge >= 0.3 is 0 Å². The van der Waals surface area contributed by atoms with Crippen LogP contribution in [0.15, 0.2) is 24.3 Å². The zero-order valence-electron chi connectivity index (χ0n) is 12.3. The first-order valence-electron chi connectivity index (χ1n) is 7.65. The van der Waals surface area contributed by atoms with Crippen LogP contribution in [-0.4, -0.2) is 24.6 Å². The van der Waals surface area contributed by atoms with Crippen LogP contribution in [0, 0.1) is 0 Å². The maximum atomic E-state index is 3.68. The Hall–Kier alpha value is -0.470. The molecular weight excluding hydrogens is 250 g/mol. The molecule has 1 N–H and O–H groups in total. The summed E-state index contributed by atoms with van der Waals surface area (Å²) in [5.74, 6) is 2.04. The molecule has 2 heteroatoms. The summed E-state index contributed by atoms with van der Waals surface area (Å²) in [5, 5.41) is 3.68. The average Bonchev–Trinajstić information content (AvgIpc) is 2.45. The van der Waals surface area contributed by atoms with Crippen LogP contribution in [-0.2, 0) is 6.42 Å². The molecule has 0 heterocycles. The Labute approximate surface area is 122 Å². The number of aryl methyl sites for hydroxylation is 1. The smallest absolute Gasteiger partial charge is 0.00806 e. The lowest BCUT2D eigenvalue weighted by atomic mass is 9.79. The van der Waals surface area contributed by atoms with Gasteiger partial charge in [-0.25, -0.2) is 0 Å². The molecule has 1 aromatic carbocycles. The predicted octanol–water partition coefficient (Wildman–Crippen LogP) is 4.23. The second-order valence-electron chi connectivity index (χ2n) is 5.56. The summed E-state index contributed by atoms with van der Waals surface area (Å²) < 4.78 is 0. The van der Waals surface area contributed by atoms with Gasteiger partial charge in [-0.1, -0.05) is 31.2 Å². The molecule has 0 saturated carbocycles. The molecule has 1 aliphatic carbocycles. The van der Waals surface area contributed by atoms with Gasteiger partial charge in [-0.15, -0.1) is 0 Å². The minimum atomic E-state index is 0.689. The van der Waals surface area contributed by atoms with E-state index in [-0.39, 0.29) is 0 Å². The van der Waals surface area contributed by atoms with Crippen LogP contribution in [0.4, 0.5) is 0 Å². The molecule has 0 fully saturated rings. The lowest BCUT2D eigenvalue weighted by Gasteiger charge is -2.29. The van der Waals surface area contributed by atoms with Gasteiger partial charge < -0.3 is 5.32 Å². The highest BCUT2D eigenvalue weighted by Gasteiger charge is 2.22. The maximum absolute atomic E-state index is 3.68. The normalized spacial score (nSPS) is 20.0. The highest BCUT2D eigenvalue weighted by molar-refractivity contribution is 7.98. The largest absolute Gasteiger partial charge is 0.314 e. The van der Waals surface area contributed by atoms with E-state index in [1.54, 1.807) is 11.1 Å². The molecular formula is C17H27NS. The van der Waals surface area contributed by atoms with Crippen molar-refractivity contribution in [2.24, 2.45) is 0 Å². The van der Waals surface area contributed by atoms with E-state index in [4.69, 9.17) is 0 Å². The van der Waals surface area contributed by atoms with Gasteiger partial charge in [0.1, 0.15) is 0 Å². The van der Waals surface area contributed by atoms with Crippen LogP contribution in [0.5, 0.6) is 0 Å². The van der Waals surface area contributed by atoms with Gasteiger partial charge in [0.05, 0.1) is 0 Å². The van der Waals surface area contributed by atoms with E-state index in [1.165, 1.54) is 37.9 Å². The molecule has 0 radical (unpaired) electrons. The summed E-state index contributed by atoms with van der Waals surface area (Å²) in [7, 11) is 0. The van der Waals surface area contributed by atoms with Crippen LogP contribution in [0.25, 0.3) is 0 Å². The topological polar surface area (TPSA) is 12.0 Å². The molecule has 1 aromatic rings. The molecule has 2 atom stereocenters. The summed E-state index contributed by atoms with van der Waals surface area (Å²) in [6, 6.07) is 9.77. The third-order valence-electron chi connectivity index (χ3n) is 4.23. The summed E-state index contributed by atoms with van der Waals surface area (Å²) in [6.07, 6.45) is 8.84. The fourth-order valence-corrected chi connectivity index (χ4v) is 3.82. The first kappa shape index (κ1) is 14.9. The van der Waals surface area contributed by atoms with E-state index < -0.39 is 0 Å². The summed E-state index contributed by atoms with van der Waals surface area (Å²) in [5.41, 5.74) is 3.22. The summed E-state index contributed by atoms with van der Waals surface area (Å²) >= 11 is 1.96. The van der Waals surface area contributed by atoms with Crippen LogP contribution >= 0.6 is 11.8 Å². The first-order valence-corrected chi connectivity index (χ1v) is 9.04. The zero-order chi connectivity index (χ0) is 13.5. The number of hydrogen-bond acceptors (Lipinski definition) is 2. The van der Waals surface area contributed by atoms with Gasteiger partial charge in [0.25, 0.3) is 0 Å². The number of benzene rings is 1. The Balaban J connectivity index is 2.01. The maximum Gasteiger partial charge on any atom is 0.00806 e. The minimum absolute atomic E-state index is 0.689. The molecule has 1 aliphatic rings. The number of rotatable bonds is 7. The van der Waals surface area contributed by atoms with Gasteiger partial charge in [-0.2, -0.15) is 11.8 Å². The van der Waals surface area contributed by atoms with Crippen molar-refractivity contribution in [3.05, 3.63) is 35.4 Å². The Morgan fingerprint density at radius 1 is 1.37 bits per heavy atom. The summed E-state index contributed by atoms with van der Waals surface area (Å²) in [6.45, 7) is 3.31. The van der Waals surface area contributed by atoms with Gasteiger partial charge in [-0.05, 0) is 67.7 Å². The Bertz CT molecular complexity index is 377. The highest BCUT2D eigenvalue weighted by atomic mass is 32.2. The van der Waals surface area contributed by atoms with Gasteiger partial charge in [0.15, 0.2) is 0 Å². The van der Waals surface area contributed by atoms with E-state index in [0.717, 1.165) is 12.5 Å².